The first-order valence-corrected chi connectivity index (χ1v) is 8.78. The van der Waals surface area contributed by atoms with E-state index in [1.54, 1.807) is 12.4 Å². The van der Waals surface area contributed by atoms with Crippen molar-refractivity contribution in [3.8, 4) is 0 Å². The number of amides is 2. The summed E-state index contributed by atoms with van der Waals surface area (Å²) < 4.78 is 0. The third-order valence-electron chi connectivity index (χ3n) is 3.36. The summed E-state index contributed by atoms with van der Waals surface area (Å²) in [6.07, 6.45) is 0. The molecule has 0 atom stereocenters. The molecule has 1 heterocycles. The lowest BCUT2D eigenvalue weighted by molar-refractivity contribution is -0.121. The number of benzene rings is 1. The average Bonchev–Trinajstić information content (AvgIpc) is 3.03. The second-order valence-electron chi connectivity index (χ2n) is 5.84. The van der Waals surface area contributed by atoms with Crippen molar-refractivity contribution >= 4 is 34.0 Å². The van der Waals surface area contributed by atoms with Gasteiger partial charge in [0.2, 0.25) is 5.91 Å². The van der Waals surface area contributed by atoms with Gasteiger partial charge in [-0.2, -0.15) is 0 Å². The Labute approximate surface area is 151 Å². The molecule has 0 radical (unpaired) electrons. The van der Waals surface area contributed by atoms with Gasteiger partial charge in [0.15, 0.2) is 5.13 Å². The summed E-state index contributed by atoms with van der Waals surface area (Å²) in [6, 6.07) is 9.62. The van der Waals surface area contributed by atoms with E-state index in [2.05, 4.69) is 15.6 Å². The summed E-state index contributed by atoms with van der Waals surface area (Å²) in [5.74, 6) is -0.462. The molecule has 0 aliphatic rings. The third kappa shape index (κ3) is 6.17. The smallest absolute Gasteiger partial charge is 0.273 e. The molecule has 0 saturated carbocycles. The van der Waals surface area contributed by atoms with Gasteiger partial charge in [0, 0.05) is 31.2 Å². The molecule has 1 aromatic carbocycles. The number of hydrogen-bond donors (Lipinski definition) is 2. The van der Waals surface area contributed by atoms with E-state index in [1.807, 2.05) is 49.3 Å². The molecule has 8 heteroatoms. The molecule has 7 nitrogen and oxygen atoms in total. The van der Waals surface area contributed by atoms with E-state index in [9.17, 15) is 9.59 Å². The van der Waals surface area contributed by atoms with Crippen molar-refractivity contribution in [2.45, 2.75) is 0 Å². The Hall–Kier alpha value is -2.45. The maximum absolute atomic E-state index is 12.4. The van der Waals surface area contributed by atoms with Crippen molar-refractivity contribution in [2.75, 3.05) is 46.1 Å². The van der Waals surface area contributed by atoms with Crippen molar-refractivity contribution in [1.82, 2.24) is 20.1 Å². The van der Waals surface area contributed by atoms with Gasteiger partial charge in [-0.05, 0) is 26.2 Å². The second-order valence-corrected chi connectivity index (χ2v) is 6.70. The molecule has 2 rings (SSSR count). The van der Waals surface area contributed by atoms with Crippen LogP contribution in [0, 0.1) is 0 Å². The Bertz CT molecular complexity index is 702. The number of anilines is 2. The van der Waals surface area contributed by atoms with Crippen LogP contribution < -0.4 is 10.6 Å². The zero-order chi connectivity index (χ0) is 18.2. The van der Waals surface area contributed by atoms with E-state index >= 15 is 0 Å². The molecular formula is C17H23N5O2S. The topological polar surface area (TPSA) is 77.6 Å². The van der Waals surface area contributed by atoms with Crippen molar-refractivity contribution in [3.63, 3.8) is 0 Å². The molecule has 0 fully saturated rings. The number of thiazole rings is 1. The summed E-state index contributed by atoms with van der Waals surface area (Å²) in [6.45, 7) is 1.31. The average molecular weight is 361 g/mol. The van der Waals surface area contributed by atoms with Crippen LogP contribution in [0.25, 0.3) is 0 Å². The molecule has 25 heavy (non-hydrogen) atoms. The third-order valence-corrected chi connectivity index (χ3v) is 4.11. The highest BCUT2D eigenvalue weighted by Crippen LogP contribution is 2.21. The largest absolute Gasteiger partial charge is 0.353 e. The van der Waals surface area contributed by atoms with Crippen molar-refractivity contribution in [3.05, 3.63) is 41.4 Å². The van der Waals surface area contributed by atoms with Crippen LogP contribution in [0.5, 0.6) is 0 Å². The normalized spacial score (nSPS) is 10.6. The standard InChI is InChI=1S/C17H23N5O2S/c1-21(2)10-9-18-15(23)11-22(3)16(24)14-12-25-17(20-14)19-13-7-5-4-6-8-13/h4-8,12H,9-11H2,1-3H3,(H,18,23)(H,19,20). The molecule has 0 aliphatic heterocycles. The number of para-hydroxylation sites is 1. The molecule has 0 spiro atoms. The summed E-state index contributed by atoms with van der Waals surface area (Å²) in [5, 5.41) is 8.26. The van der Waals surface area contributed by atoms with E-state index in [4.69, 9.17) is 0 Å². The fourth-order valence-corrected chi connectivity index (χ4v) is 2.74. The summed E-state index contributed by atoms with van der Waals surface area (Å²) >= 11 is 1.35. The van der Waals surface area contributed by atoms with Gasteiger partial charge in [-0.15, -0.1) is 11.3 Å². The van der Waals surface area contributed by atoms with Crippen LogP contribution in [0.1, 0.15) is 10.5 Å². The van der Waals surface area contributed by atoms with Crippen LogP contribution in [-0.2, 0) is 4.79 Å². The Balaban J connectivity index is 1.86. The molecule has 0 saturated heterocycles. The molecule has 0 bridgehead atoms. The van der Waals surface area contributed by atoms with E-state index in [0.29, 0.717) is 17.4 Å². The maximum Gasteiger partial charge on any atom is 0.273 e. The van der Waals surface area contributed by atoms with Gasteiger partial charge in [0.1, 0.15) is 5.69 Å². The minimum Gasteiger partial charge on any atom is -0.353 e. The SMILES string of the molecule is CN(C)CCNC(=O)CN(C)C(=O)c1csc(Nc2ccccc2)n1. The summed E-state index contributed by atoms with van der Waals surface area (Å²) in [4.78, 5) is 31.9. The lowest BCUT2D eigenvalue weighted by atomic mass is 10.3. The quantitative estimate of drug-likeness (QED) is 0.747. The predicted molar refractivity (Wildman–Crippen MR) is 100 cm³/mol. The van der Waals surface area contributed by atoms with E-state index < -0.39 is 0 Å². The van der Waals surface area contributed by atoms with E-state index in [1.165, 1.54) is 16.2 Å². The summed E-state index contributed by atoms with van der Waals surface area (Å²) in [7, 11) is 5.47. The van der Waals surface area contributed by atoms with Crippen molar-refractivity contribution in [2.24, 2.45) is 0 Å². The maximum atomic E-state index is 12.4. The molecule has 2 amide bonds. The van der Waals surface area contributed by atoms with Crippen LogP contribution in [0.2, 0.25) is 0 Å². The molecule has 2 N–H and O–H groups in total. The van der Waals surface area contributed by atoms with Crippen LogP contribution in [0.3, 0.4) is 0 Å². The Morgan fingerprint density at radius 1 is 1.16 bits per heavy atom. The van der Waals surface area contributed by atoms with Gasteiger partial charge in [-0.3, -0.25) is 9.59 Å². The number of carbonyl (C=O) groups is 2. The van der Waals surface area contributed by atoms with Gasteiger partial charge in [0.05, 0.1) is 6.54 Å². The van der Waals surface area contributed by atoms with Gasteiger partial charge in [0.25, 0.3) is 5.91 Å². The number of rotatable bonds is 8. The Morgan fingerprint density at radius 2 is 1.88 bits per heavy atom. The monoisotopic (exact) mass is 361 g/mol. The zero-order valence-corrected chi connectivity index (χ0v) is 15.5. The number of nitrogens with zero attached hydrogens (tertiary/aromatic N) is 3. The van der Waals surface area contributed by atoms with Crippen LogP contribution >= 0.6 is 11.3 Å². The molecule has 2 aromatic rings. The predicted octanol–water partition coefficient (Wildman–Crippen LogP) is 1.64. The highest BCUT2D eigenvalue weighted by atomic mass is 32.1. The fourth-order valence-electron chi connectivity index (χ4n) is 2.03. The molecule has 134 valence electrons. The van der Waals surface area contributed by atoms with Gasteiger partial charge >= 0.3 is 0 Å². The highest BCUT2D eigenvalue weighted by Gasteiger charge is 2.18. The Kier molecular flexibility index (Phi) is 6.91. The molecule has 0 aliphatic carbocycles. The fraction of sp³-hybridized carbons (Fsp3) is 0.353. The highest BCUT2D eigenvalue weighted by molar-refractivity contribution is 7.14. The second kappa shape index (κ2) is 9.14. The van der Waals surface area contributed by atoms with Crippen LogP contribution in [-0.4, -0.2) is 67.4 Å². The van der Waals surface area contributed by atoms with Gasteiger partial charge in [-0.1, -0.05) is 18.2 Å². The van der Waals surface area contributed by atoms with Crippen LogP contribution in [0.4, 0.5) is 10.8 Å². The first kappa shape index (κ1) is 18.9. The first-order valence-electron chi connectivity index (χ1n) is 7.90. The van der Waals surface area contributed by atoms with E-state index in [-0.39, 0.29) is 18.4 Å². The number of likely N-dealkylation sites (N-methyl/N-ethyl adjacent to an activating group) is 2. The minimum atomic E-state index is -0.278. The van der Waals surface area contributed by atoms with Gasteiger partial charge in [-0.25, -0.2) is 4.98 Å². The Morgan fingerprint density at radius 3 is 2.56 bits per heavy atom. The number of aromatic nitrogens is 1. The number of nitrogens with one attached hydrogen (secondary N) is 2. The number of carbonyl (C=O) groups excluding carboxylic acids is 2. The molecule has 0 unspecified atom stereocenters. The van der Waals surface area contributed by atoms with E-state index in [0.717, 1.165) is 12.2 Å². The molecule has 1 aromatic heterocycles. The van der Waals surface area contributed by atoms with Crippen molar-refractivity contribution in [1.29, 1.82) is 0 Å². The van der Waals surface area contributed by atoms with Crippen LogP contribution in [0.15, 0.2) is 35.7 Å². The molecular weight excluding hydrogens is 338 g/mol. The first-order chi connectivity index (χ1) is 12.0. The lowest BCUT2D eigenvalue weighted by Crippen LogP contribution is -2.40. The minimum absolute atomic E-state index is 0.00519. The number of hydrogen-bond acceptors (Lipinski definition) is 6. The van der Waals surface area contributed by atoms with Gasteiger partial charge < -0.3 is 20.4 Å². The lowest BCUT2D eigenvalue weighted by Gasteiger charge is -2.16. The zero-order valence-electron chi connectivity index (χ0n) is 14.7. The summed E-state index contributed by atoms with van der Waals surface area (Å²) in [5.41, 5.74) is 1.23. The van der Waals surface area contributed by atoms with Crippen molar-refractivity contribution < 1.29 is 9.59 Å².